The van der Waals surface area contributed by atoms with Crippen molar-refractivity contribution in [2.75, 3.05) is 5.88 Å². The first-order valence-electron chi connectivity index (χ1n) is 6.64. The van der Waals surface area contributed by atoms with Crippen LogP contribution in [-0.4, -0.2) is 14.3 Å². The summed E-state index contributed by atoms with van der Waals surface area (Å²) >= 11 is 5.93. The summed E-state index contributed by atoms with van der Waals surface area (Å²) in [6.07, 6.45) is 0. The average molecular weight is 324 g/mol. The second kappa shape index (κ2) is 6.60. The van der Waals surface area contributed by atoms with E-state index in [4.69, 9.17) is 11.6 Å². The Morgan fingerprint density at radius 1 is 1.10 bits per heavy atom. The molecule has 112 valence electrons. The molecular weight excluding hydrogens is 306 g/mol. The molecule has 0 saturated carbocycles. The lowest BCUT2D eigenvalue weighted by molar-refractivity contribution is 0.567. The molecule has 0 saturated heterocycles. The Labute approximate surface area is 131 Å². The molecule has 5 heteroatoms. The van der Waals surface area contributed by atoms with Crippen molar-refractivity contribution in [2.24, 2.45) is 0 Å². The summed E-state index contributed by atoms with van der Waals surface area (Å²) in [4.78, 5) is 0.291. The number of hydrogen-bond acceptors (Lipinski definition) is 2. The van der Waals surface area contributed by atoms with Crippen LogP contribution < -0.4 is 4.72 Å². The van der Waals surface area contributed by atoms with Gasteiger partial charge in [0, 0.05) is 5.88 Å². The smallest absolute Gasteiger partial charge is 0.207 e. The van der Waals surface area contributed by atoms with Crippen LogP contribution in [0.5, 0.6) is 0 Å². The highest BCUT2D eigenvalue weighted by atomic mass is 35.5. The van der Waals surface area contributed by atoms with Crippen LogP contribution in [0, 0.1) is 13.8 Å². The van der Waals surface area contributed by atoms with Gasteiger partial charge in [0.05, 0.1) is 10.9 Å². The zero-order chi connectivity index (χ0) is 15.5. The Morgan fingerprint density at radius 3 is 2.33 bits per heavy atom. The number of rotatable bonds is 5. The molecule has 1 unspecified atom stereocenters. The topological polar surface area (TPSA) is 46.2 Å². The third kappa shape index (κ3) is 3.84. The lowest BCUT2D eigenvalue weighted by Crippen LogP contribution is -2.30. The van der Waals surface area contributed by atoms with Gasteiger partial charge in [-0.1, -0.05) is 48.0 Å². The maximum atomic E-state index is 12.5. The minimum Gasteiger partial charge on any atom is -0.207 e. The van der Waals surface area contributed by atoms with E-state index in [-0.39, 0.29) is 5.88 Å². The second-order valence-corrected chi connectivity index (χ2v) is 7.00. The molecule has 0 amide bonds. The van der Waals surface area contributed by atoms with E-state index in [9.17, 15) is 8.42 Å². The molecule has 0 bridgehead atoms. The average Bonchev–Trinajstić information content (AvgIpc) is 2.45. The number of aryl methyl sites for hydroxylation is 2. The van der Waals surface area contributed by atoms with Gasteiger partial charge >= 0.3 is 0 Å². The van der Waals surface area contributed by atoms with Crippen molar-refractivity contribution in [3.8, 4) is 0 Å². The summed E-state index contributed by atoms with van der Waals surface area (Å²) in [6, 6.07) is 14.2. The molecule has 21 heavy (non-hydrogen) atoms. The van der Waals surface area contributed by atoms with E-state index >= 15 is 0 Å². The van der Waals surface area contributed by atoms with E-state index in [0.717, 1.165) is 16.7 Å². The number of halogens is 1. The van der Waals surface area contributed by atoms with Gasteiger partial charge in [-0.2, -0.15) is 0 Å². The molecule has 1 atom stereocenters. The molecule has 0 aromatic heterocycles. The van der Waals surface area contributed by atoms with Crippen LogP contribution in [0.15, 0.2) is 53.4 Å². The van der Waals surface area contributed by atoms with E-state index in [0.29, 0.717) is 4.90 Å². The quantitative estimate of drug-likeness (QED) is 0.855. The predicted octanol–water partition coefficient (Wildman–Crippen LogP) is 3.56. The van der Waals surface area contributed by atoms with Crippen LogP contribution in [0.4, 0.5) is 0 Å². The number of nitrogens with one attached hydrogen (secondary N) is 1. The first kappa shape index (κ1) is 16.0. The fourth-order valence-electron chi connectivity index (χ4n) is 2.23. The summed E-state index contributed by atoms with van der Waals surface area (Å²) in [7, 11) is -3.60. The molecule has 2 aromatic rings. The SMILES string of the molecule is Cc1ccc(S(=O)(=O)NC(CCl)c2ccccc2)c(C)c1. The summed E-state index contributed by atoms with van der Waals surface area (Å²) in [5, 5.41) is 0. The molecule has 0 aliphatic rings. The monoisotopic (exact) mass is 323 g/mol. The summed E-state index contributed by atoms with van der Waals surface area (Å²) in [5.41, 5.74) is 2.60. The van der Waals surface area contributed by atoms with Gasteiger partial charge in [0.1, 0.15) is 0 Å². The fraction of sp³-hybridized carbons (Fsp3) is 0.250. The van der Waals surface area contributed by atoms with Gasteiger partial charge in [0.2, 0.25) is 10.0 Å². The Bertz CT molecular complexity index is 714. The number of alkyl halides is 1. The number of hydrogen-bond donors (Lipinski definition) is 1. The van der Waals surface area contributed by atoms with Crippen LogP contribution in [0.25, 0.3) is 0 Å². The maximum absolute atomic E-state index is 12.5. The van der Waals surface area contributed by atoms with Gasteiger partial charge in [-0.3, -0.25) is 0 Å². The summed E-state index contributed by atoms with van der Waals surface area (Å²) in [5.74, 6) is 0.175. The highest BCUT2D eigenvalue weighted by molar-refractivity contribution is 7.89. The van der Waals surface area contributed by atoms with Crippen molar-refractivity contribution in [2.45, 2.75) is 24.8 Å². The first-order chi connectivity index (χ1) is 9.94. The zero-order valence-corrected chi connectivity index (χ0v) is 13.6. The molecule has 0 radical (unpaired) electrons. The minimum absolute atomic E-state index is 0.175. The lowest BCUT2D eigenvalue weighted by atomic mass is 10.1. The number of benzene rings is 2. The standard InChI is InChI=1S/C16H18ClNO2S/c1-12-8-9-16(13(2)10-12)21(19,20)18-15(11-17)14-6-4-3-5-7-14/h3-10,15,18H,11H2,1-2H3. The third-order valence-corrected chi connectivity index (χ3v) is 5.21. The van der Waals surface area contributed by atoms with Crippen LogP contribution in [0.2, 0.25) is 0 Å². The highest BCUT2D eigenvalue weighted by Gasteiger charge is 2.22. The van der Waals surface area contributed by atoms with E-state index in [1.165, 1.54) is 0 Å². The maximum Gasteiger partial charge on any atom is 0.241 e. The summed E-state index contributed by atoms with van der Waals surface area (Å²) < 4.78 is 27.8. The van der Waals surface area contributed by atoms with Gasteiger partial charge in [-0.25, -0.2) is 13.1 Å². The molecule has 0 aliphatic carbocycles. The molecule has 0 heterocycles. The van der Waals surface area contributed by atoms with Gasteiger partial charge in [-0.05, 0) is 31.0 Å². The zero-order valence-electron chi connectivity index (χ0n) is 12.0. The van der Waals surface area contributed by atoms with Crippen molar-refractivity contribution in [3.05, 3.63) is 65.2 Å². The van der Waals surface area contributed by atoms with E-state index < -0.39 is 16.1 Å². The number of sulfonamides is 1. The Balaban J connectivity index is 2.32. The van der Waals surface area contributed by atoms with Crippen LogP contribution in [-0.2, 0) is 10.0 Å². The van der Waals surface area contributed by atoms with Gasteiger partial charge in [0.15, 0.2) is 0 Å². The van der Waals surface area contributed by atoms with Crippen molar-refractivity contribution in [3.63, 3.8) is 0 Å². The van der Waals surface area contributed by atoms with Crippen LogP contribution in [0.3, 0.4) is 0 Å². The largest absolute Gasteiger partial charge is 0.241 e. The van der Waals surface area contributed by atoms with Crippen molar-refractivity contribution >= 4 is 21.6 Å². The molecule has 2 aromatic carbocycles. The van der Waals surface area contributed by atoms with Gasteiger partial charge < -0.3 is 0 Å². The molecule has 0 fully saturated rings. The summed E-state index contributed by atoms with van der Waals surface area (Å²) in [6.45, 7) is 3.72. The van der Waals surface area contributed by atoms with E-state index in [2.05, 4.69) is 4.72 Å². The van der Waals surface area contributed by atoms with E-state index in [1.54, 1.807) is 19.1 Å². The molecule has 2 rings (SSSR count). The molecule has 0 aliphatic heterocycles. The Kier molecular flexibility index (Phi) is 5.04. The molecule has 0 spiro atoms. The van der Waals surface area contributed by atoms with Crippen LogP contribution >= 0.6 is 11.6 Å². The molecule has 3 nitrogen and oxygen atoms in total. The van der Waals surface area contributed by atoms with Gasteiger partial charge in [0.25, 0.3) is 0 Å². The minimum atomic E-state index is -3.60. The predicted molar refractivity (Wildman–Crippen MR) is 86.1 cm³/mol. The Morgan fingerprint density at radius 2 is 1.76 bits per heavy atom. The highest BCUT2D eigenvalue weighted by Crippen LogP contribution is 2.21. The normalized spacial score (nSPS) is 13.1. The third-order valence-electron chi connectivity index (χ3n) is 3.27. The van der Waals surface area contributed by atoms with Crippen molar-refractivity contribution < 1.29 is 8.42 Å². The Hall–Kier alpha value is -1.36. The van der Waals surface area contributed by atoms with Crippen molar-refractivity contribution in [1.29, 1.82) is 0 Å². The lowest BCUT2D eigenvalue weighted by Gasteiger charge is -2.17. The van der Waals surface area contributed by atoms with Crippen LogP contribution in [0.1, 0.15) is 22.7 Å². The molecular formula is C16H18ClNO2S. The molecule has 1 N–H and O–H groups in total. The van der Waals surface area contributed by atoms with Crippen molar-refractivity contribution in [1.82, 2.24) is 4.72 Å². The van der Waals surface area contributed by atoms with E-state index in [1.807, 2.05) is 43.3 Å². The first-order valence-corrected chi connectivity index (χ1v) is 8.66. The van der Waals surface area contributed by atoms with Gasteiger partial charge in [-0.15, -0.1) is 11.6 Å². The second-order valence-electron chi connectivity index (χ2n) is 5.01. The fourth-order valence-corrected chi connectivity index (χ4v) is 4.02.